The Labute approximate surface area is 72.2 Å². The van der Waals surface area contributed by atoms with Crippen LogP contribution in [0, 0.1) is 0 Å². The van der Waals surface area contributed by atoms with Gasteiger partial charge < -0.3 is 10.4 Å². The predicted octanol–water partition coefficient (Wildman–Crippen LogP) is 1.08. The van der Waals surface area contributed by atoms with Crippen LogP contribution in [0.15, 0.2) is 18.2 Å². The minimum Gasteiger partial charge on any atom is -0.508 e. The lowest BCUT2D eigenvalue weighted by molar-refractivity contribution is 0.467. The Balaban J connectivity index is 2.42. The van der Waals surface area contributed by atoms with Gasteiger partial charge in [0.15, 0.2) is 0 Å². The molecular weight excluding hydrogens is 150 g/mol. The van der Waals surface area contributed by atoms with Crippen LogP contribution >= 0.6 is 0 Å². The summed E-state index contributed by atoms with van der Waals surface area (Å²) in [7, 11) is 0. The summed E-state index contributed by atoms with van der Waals surface area (Å²) < 4.78 is 0. The van der Waals surface area contributed by atoms with E-state index in [1.165, 1.54) is 5.56 Å². The number of hydrogen-bond acceptors (Lipinski definition) is 2. The Hall–Kier alpha value is -1.02. The lowest BCUT2D eigenvalue weighted by atomic mass is 10.0. The van der Waals surface area contributed by atoms with Crippen LogP contribution in [-0.2, 0) is 12.8 Å². The average molecular weight is 163 g/mol. The molecule has 2 rings (SSSR count). The summed E-state index contributed by atoms with van der Waals surface area (Å²) in [5.74, 6) is 0.455. The fourth-order valence-corrected chi connectivity index (χ4v) is 1.71. The van der Waals surface area contributed by atoms with Crippen LogP contribution in [-0.4, -0.2) is 18.2 Å². The molecule has 0 saturated heterocycles. The maximum absolute atomic E-state index is 9.55. The normalized spacial score (nSPS) is 16.7. The van der Waals surface area contributed by atoms with Crippen LogP contribution < -0.4 is 5.32 Å². The van der Waals surface area contributed by atoms with E-state index >= 15 is 0 Å². The van der Waals surface area contributed by atoms with Crippen molar-refractivity contribution in [1.82, 2.24) is 5.32 Å². The molecule has 0 amide bonds. The highest BCUT2D eigenvalue weighted by Crippen LogP contribution is 2.22. The van der Waals surface area contributed by atoms with Crippen molar-refractivity contribution in [3.63, 3.8) is 0 Å². The first-order valence-electron chi connectivity index (χ1n) is 4.38. The number of nitrogens with one attached hydrogen (secondary N) is 1. The van der Waals surface area contributed by atoms with Gasteiger partial charge in [-0.3, -0.25) is 0 Å². The summed E-state index contributed by atoms with van der Waals surface area (Å²) in [4.78, 5) is 0. The van der Waals surface area contributed by atoms with Gasteiger partial charge in [-0.2, -0.15) is 0 Å². The van der Waals surface area contributed by atoms with Crippen molar-refractivity contribution < 1.29 is 5.11 Å². The van der Waals surface area contributed by atoms with Crippen molar-refractivity contribution in [2.75, 3.05) is 13.1 Å². The third-order valence-electron chi connectivity index (χ3n) is 2.37. The van der Waals surface area contributed by atoms with E-state index in [4.69, 9.17) is 0 Å². The molecule has 0 bridgehead atoms. The van der Waals surface area contributed by atoms with Crippen LogP contribution in [0.5, 0.6) is 5.75 Å². The maximum atomic E-state index is 9.55. The first-order chi connectivity index (χ1) is 5.88. The first-order valence-corrected chi connectivity index (χ1v) is 4.38. The number of phenolic OH excluding ortho intramolecular Hbond substituents is 1. The number of aromatic hydroxyl groups is 1. The summed E-state index contributed by atoms with van der Waals surface area (Å²) in [6.45, 7) is 2.00. The molecule has 1 aromatic carbocycles. The number of rotatable bonds is 0. The Morgan fingerprint density at radius 1 is 1.17 bits per heavy atom. The second kappa shape index (κ2) is 3.15. The summed E-state index contributed by atoms with van der Waals surface area (Å²) in [5.41, 5.74) is 2.42. The molecule has 0 fully saturated rings. The predicted molar refractivity (Wildman–Crippen MR) is 48.4 cm³/mol. The molecule has 1 aliphatic heterocycles. The third-order valence-corrected chi connectivity index (χ3v) is 2.37. The molecule has 0 saturated carbocycles. The van der Waals surface area contributed by atoms with Crippen molar-refractivity contribution >= 4 is 0 Å². The quantitative estimate of drug-likeness (QED) is 0.600. The zero-order chi connectivity index (χ0) is 8.39. The molecule has 2 N–H and O–H groups in total. The maximum Gasteiger partial charge on any atom is 0.119 e. The van der Waals surface area contributed by atoms with E-state index < -0.39 is 0 Å². The molecule has 0 atom stereocenters. The zero-order valence-electron chi connectivity index (χ0n) is 7.01. The molecule has 0 radical (unpaired) electrons. The molecule has 64 valence electrons. The van der Waals surface area contributed by atoms with E-state index in [2.05, 4.69) is 11.4 Å². The molecule has 1 heterocycles. The van der Waals surface area contributed by atoms with E-state index in [0.29, 0.717) is 5.75 Å². The summed E-state index contributed by atoms with van der Waals surface area (Å²) in [5, 5.41) is 12.9. The van der Waals surface area contributed by atoms with Crippen molar-refractivity contribution in [2.24, 2.45) is 0 Å². The molecule has 1 aliphatic rings. The van der Waals surface area contributed by atoms with Gasteiger partial charge in [-0.25, -0.2) is 0 Å². The van der Waals surface area contributed by atoms with Crippen LogP contribution in [0.1, 0.15) is 11.1 Å². The molecule has 2 heteroatoms. The van der Waals surface area contributed by atoms with Gasteiger partial charge in [-0.1, -0.05) is 12.1 Å². The molecule has 0 unspecified atom stereocenters. The van der Waals surface area contributed by atoms with E-state index in [-0.39, 0.29) is 0 Å². The highest BCUT2D eigenvalue weighted by molar-refractivity contribution is 5.40. The largest absolute Gasteiger partial charge is 0.508 e. The Morgan fingerprint density at radius 3 is 2.92 bits per heavy atom. The smallest absolute Gasteiger partial charge is 0.119 e. The molecule has 0 spiro atoms. The Bertz CT molecular complexity index is 283. The minimum atomic E-state index is 0.455. The van der Waals surface area contributed by atoms with Crippen molar-refractivity contribution in [2.45, 2.75) is 12.8 Å². The van der Waals surface area contributed by atoms with E-state index in [1.807, 2.05) is 6.07 Å². The minimum absolute atomic E-state index is 0.455. The van der Waals surface area contributed by atoms with E-state index in [1.54, 1.807) is 6.07 Å². The molecule has 1 aromatic rings. The van der Waals surface area contributed by atoms with E-state index in [0.717, 1.165) is 31.5 Å². The van der Waals surface area contributed by atoms with Gasteiger partial charge in [-0.15, -0.1) is 0 Å². The summed E-state index contributed by atoms with van der Waals surface area (Å²) >= 11 is 0. The Morgan fingerprint density at radius 2 is 2.00 bits per heavy atom. The highest BCUT2D eigenvalue weighted by Gasteiger charge is 2.09. The number of phenols is 1. The van der Waals surface area contributed by atoms with Gasteiger partial charge >= 0.3 is 0 Å². The third kappa shape index (κ3) is 1.30. The number of benzene rings is 1. The second-order valence-corrected chi connectivity index (χ2v) is 3.16. The first kappa shape index (κ1) is 7.62. The SMILES string of the molecule is Oc1cccc2c1CCNCC2. The number of hydrogen-bond donors (Lipinski definition) is 2. The topological polar surface area (TPSA) is 32.3 Å². The van der Waals surface area contributed by atoms with Crippen LogP contribution in [0.4, 0.5) is 0 Å². The van der Waals surface area contributed by atoms with Gasteiger partial charge in [0.1, 0.15) is 5.75 Å². The molecule has 0 aliphatic carbocycles. The molecule has 0 aromatic heterocycles. The molecule has 12 heavy (non-hydrogen) atoms. The lowest BCUT2D eigenvalue weighted by Gasteiger charge is -2.05. The van der Waals surface area contributed by atoms with Gasteiger partial charge in [-0.05, 0) is 43.1 Å². The summed E-state index contributed by atoms with van der Waals surface area (Å²) in [6, 6.07) is 5.78. The van der Waals surface area contributed by atoms with Gasteiger partial charge in [0.05, 0.1) is 0 Å². The number of fused-ring (bicyclic) bond motifs is 1. The van der Waals surface area contributed by atoms with Crippen LogP contribution in [0.2, 0.25) is 0 Å². The molecule has 2 nitrogen and oxygen atoms in total. The monoisotopic (exact) mass is 163 g/mol. The van der Waals surface area contributed by atoms with Gasteiger partial charge in [0.25, 0.3) is 0 Å². The van der Waals surface area contributed by atoms with Gasteiger partial charge in [0.2, 0.25) is 0 Å². The van der Waals surface area contributed by atoms with Crippen molar-refractivity contribution in [3.05, 3.63) is 29.3 Å². The lowest BCUT2D eigenvalue weighted by Crippen LogP contribution is -2.16. The van der Waals surface area contributed by atoms with Crippen LogP contribution in [0.3, 0.4) is 0 Å². The zero-order valence-corrected chi connectivity index (χ0v) is 7.01. The standard InChI is InChI=1S/C10H13NO/c12-10-3-1-2-8-4-6-11-7-5-9(8)10/h1-3,11-12H,4-7H2. The summed E-state index contributed by atoms with van der Waals surface area (Å²) in [6.07, 6.45) is 1.98. The van der Waals surface area contributed by atoms with Crippen molar-refractivity contribution in [3.8, 4) is 5.75 Å². The van der Waals surface area contributed by atoms with E-state index in [9.17, 15) is 5.11 Å². The van der Waals surface area contributed by atoms with Crippen LogP contribution in [0.25, 0.3) is 0 Å². The molecular formula is C10H13NO. The van der Waals surface area contributed by atoms with Gasteiger partial charge in [0, 0.05) is 0 Å². The second-order valence-electron chi connectivity index (χ2n) is 3.16. The van der Waals surface area contributed by atoms with Crippen molar-refractivity contribution in [1.29, 1.82) is 0 Å². The fraction of sp³-hybridized carbons (Fsp3) is 0.400. The Kier molecular flexibility index (Phi) is 2.00. The highest BCUT2D eigenvalue weighted by atomic mass is 16.3. The fourth-order valence-electron chi connectivity index (χ4n) is 1.71. The average Bonchev–Trinajstić information content (AvgIpc) is 2.30.